The minimum Gasteiger partial charge on any atom is -0.463 e. The van der Waals surface area contributed by atoms with Crippen LogP contribution in [-0.2, 0) is 30.8 Å². The van der Waals surface area contributed by atoms with Crippen molar-refractivity contribution >= 4 is 22.9 Å². The van der Waals surface area contributed by atoms with Crippen LogP contribution in [0.25, 0.3) is 11.2 Å². The Hall–Kier alpha value is -2.94. The van der Waals surface area contributed by atoms with E-state index in [1.54, 1.807) is 6.33 Å². The summed E-state index contributed by atoms with van der Waals surface area (Å²) in [6, 6.07) is 4.73. The molecule has 6 rings (SSSR count). The number of furan rings is 1. The molecule has 2 atom stereocenters. The normalized spacial score (nSPS) is 22.8. The van der Waals surface area contributed by atoms with E-state index in [1.165, 1.54) is 44.9 Å². The number of hydrogen-bond acceptors (Lipinski definition) is 7. The van der Waals surface area contributed by atoms with Crippen LogP contribution in [0.15, 0.2) is 22.9 Å². The predicted molar refractivity (Wildman–Crippen MR) is 147 cm³/mol. The number of likely N-dealkylation sites (tertiary alicyclic amines) is 1. The van der Waals surface area contributed by atoms with Crippen molar-refractivity contribution in [3.63, 3.8) is 0 Å². The molecule has 38 heavy (non-hydrogen) atoms. The maximum Gasteiger partial charge on any atom is 0.225 e. The number of aromatic nitrogens is 4. The molecule has 2 fully saturated rings. The fourth-order valence-electron chi connectivity index (χ4n) is 6.59. The third kappa shape index (κ3) is 5.30. The Balaban J connectivity index is 1.07. The summed E-state index contributed by atoms with van der Waals surface area (Å²) < 4.78 is 8.38. The van der Waals surface area contributed by atoms with Crippen LogP contribution in [0, 0.1) is 5.92 Å². The fraction of sp³-hybridized carbons (Fsp3) is 0.655. The number of amides is 1. The van der Waals surface area contributed by atoms with E-state index in [4.69, 9.17) is 9.40 Å². The number of carbonyl (C=O) groups is 1. The standard InChI is InChI=1S/C29H41N7O2/c1-2-22-10-5-7-14-34(22)19-24-13-12-23(38-24)17-30-29(37)21-9-8-15-35(18-21)27-26-28(32-20-31-27)36-16-6-3-4-11-25(36)33-26/h12-13,20-22H,2-11,14-19H2,1H3,(H,30,37)/t21-,22-/m1/s1. The minimum absolute atomic E-state index is 0.0812. The molecule has 0 spiro atoms. The summed E-state index contributed by atoms with van der Waals surface area (Å²) >= 11 is 0. The second-order valence-corrected chi connectivity index (χ2v) is 11.3. The van der Waals surface area contributed by atoms with E-state index in [9.17, 15) is 4.79 Å². The molecule has 3 aliphatic rings. The highest BCUT2D eigenvalue weighted by atomic mass is 16.3. The van der Waals surface area contributed by atoms with Gasteiger partial charge in [0, 0.05) is 32.1 Å². The van der Waals surface area contributed by atoms with Crippen molar-refractivity contribution in [2.24, 2.45) is 5.92 Å². The van der Waals surface area contributed by atoms with Crippen molar-refractivity contribution in [1.82, 2.24) is 29.7 Å². The molecular weight excluding hydrogens is 478 g/mol. The summed E-state index contributed by atoms with van der Waals surface area (Å²) in [7, 11) is 0. The SMILES string of the molecule is CC[C@@H]1CCCCN1Cc1ccc(CNC(=O)[C@@H]2CCCN(c3ncnc4c3nc3n4CCCCC3)C2)o1. The monoisotopic (exact) mass is 519 g/mol. The lowest BCUT2D eigenvalue weighted by Crippen LogP contribution is -2.43. The molecule has 0 unspecified atom stereocenters. The van der Waals surface area contributed by atoms with Crippen LogP contribution in [0.5, 0.6) is 0 Å². The van der Waals surface area contributed by atoms with Crippen LogP contribution < -0.4 is 10.2 Å². The molecule has 1 amide bonds. The first-order chi connectivity index (χ1) is 18.7. The van der Waals surface area contributed by atoms with Gasteiger partial charge in [-0.1, -0.05) is 19.8 Å². The number of anilines is 1. The molecular formula is C29H41N7O2. The van der Waals surface area contributed by atoms with Gasteiger partial charge in [-0.15, -0.1) is 0 Å². The Bertz CT molecular complexity index is 1250. The molecule has 0 saturated carbocycles. The molecule has 3 aliphatic heterocycles. The zero-order chi connectivity index (χ0) is 25.9. The number of fused-ring (bicyclic) bond motifs is 3. The maximum absolute atomic E-state index is 13.2. The van der Waals surface area contributed by atoms with E-state index < -0.39 is 0 Å². The number of nitrogens with zero attached hydrogens (tertiary/aromatic N) is 6. The lowest BCUT2D eigenvalue weighted by atomic mass is 9.97. The number of hydrogen-bond donors (Lipinski definition) is 1. The molecule has 2 saturated heterocycles. The van der Waals surface area contributed by atoms with Crippen molar-refractivity contribution in [2.45, 2.75) is 96.8 Å². The van der Waals surface area contributed by atoms with Gasteiger partial charge in [0.25, 0.3) is 0 Å². The molecule has 1 N–H and O–H groups in total. The highest BCUT2D eigenvalue weighted by Gasteiger charge is 2.29. The third-order valence-corrected chi connectivity index (χ3v) is 8.70. The molecule has 0 bridgehead atoms. The average Bonchev–Trinajstić information content (AvgIpc) is 3.48. The van der Waals surface area contributed by atoms with Gasteiger partial charge >= 0.3 is 0 Å². The van der Waals surface area contributed by atoms with E-state index in [0.29, 0.717) is 19.1 Å². The minimum atomic E-state index is -0.0812. The Morgan fingerprint density at radius 2 is 1.92 bits per heavy atom. The summed E-state index contributed by atoms with van der Waals surface area (Å²) in [5.41, 5.74) is 1.81. The Labute approximate surface area is 225 Å². The van der Waals surface area contributed by atoms with Crippen LogP contribution in [0.2, 0.25) is 0 Å². The number of aryl methyl sites for hydroxylation is 2. The van der Waals surface area contributed by atoms with Gasteiger partial charge in [0.15, 0.2) is 17.0 Å². The van der Waals surface area contributed by atoms with Gasteiger partial charge in [-0.05, 0) is 63.6 Å². The number of rotatable bonds is 7. The van der Waals surface area contributed by atoms with Crippen molar-refractivity contribution in [2.75, 3.05) is 24.5 Å². The van der Waals surface area contributed by atoms with Crippen molar-refractivity contribution < 1.29 is 9.21 Å². The lowest BCUT2D eigenvalue weighted by molar-refractivity contribution is -0.125. The summed E-state index contributed by atoms with van der Waals surface area (Å²) in [6.07, 6.45) is 13.1. The van der Waals surface area contributed by atoms with Crippen LogP contribution in [0.1, 0.15) is 82.1 Å². The lowest BCUT2D eigenvalue weighted by Gasteiger charge is -2.34. The van der Waals surface area contributed by atoms with Gasteiger partial charge in [-0.25, -0.2) is 15.0 Å². The average molecular weight is 520 g/mol. The van der Waals surface area contributed by atoms with Crippen molar-refractivity contribution in [3.05, 3.63) is 35.8 Å². The molecule has 9 nitrogen and oxygen atoms in total. The zero-order valence-corrected chi connectivity index (χ0v) is 22.7. The van der Waals surface area contributed by atoms with Gasteiger partial charge in [0.2, 0.25) is 5.91 Å². The summed E-state index contributed by atoms with van der Waals surface area (Å²) in [6.45, 7) is 7.21. The maximum atomic E-state index is 13.2. The molecule has 3 aromatic heterocycles. The number of imidazole rings is 1. The third-order valence-electron chi connectivity index (χ3n) is 8.70. The Kier molecular flexibility index (Phi) is 7.63. The molecule has 0 aromatic carbocycles. The molecule has 204 valence electrons. The fourth-order valence-corrected chi connectivity index (χ4v) is 6.59. The van der Waals surface area contributed by atoms with Crippen LogP contribution in [-0.4, -0.2) is 56.0 Å². The second-order valence-electron chi connectivity index (χ2n) is 11.3. The van der Waals surface area contributed by atoms with Gasteiger partial charge < -0.3 is 19.2 Å². The van der Waals surface area contributed by atoms with E-state index in [2.05, 4.69) is 42.6 Å². The largest absolute Gasteiger partial charge is 0.463 e. The van der Waals surface area contributed by atoms with Gasteiger partial charge in [-0.2, -0.15) is 0 Å². The van der Waals surface area contributed by atoms with E-state index in [0.717, 1.165) is 79.8 Å². The Morgan fingerprint density at radius 3 is 2.84 bits per heavy atom. The molecule has 3 aromatic rings. The number of piperidine rings is 2. The number of carbonyl (C=O) groups excluding carboxylic acids is 1. The predicted octanol–water partition coefficient (Wildman–Crippen LogP) is 4.44. The van der Waals surface area contributed by atoms with Gasteiger partial charge in [-0.3, -0.25) is 9.69 Å². The summed E-state index contributed by atoms with van der Waals surface area (Å²) in [4.78, 5) is 32.1. The molecule has 0 radical (unpaired) electrons. The van der Waals surface area contributed by atoms with Crippen LogP contribution in [0.3, 0.4) is 0 Å². The van der Waals surface area contributed by atoms with Gasteiger partial charge in [0.1, 0.15) is 23.7 Å². The second kappa shape index (κ2) is 11.4. The quantitative estimate of drug-likeness (QED) is 0.493. The summed E-state index contributed by atoms with van der Waals surface area (Å²) in [5, 5.41) is 3.14. The van der Waals surface area contributed by atoms with E-state index >= 15 is 0 Å². The first kappa shape index (κ1) is 25.3. The van der Waals surface area contributed by atoms with Crippen LogP contribution in [0.4, 0.5) is 5.82 Å². The van der Waals surface area contributed by atoms with E-state index in [1.807, 2.05) is 6.07 Å². The molecule has 9 heteroatoms. The zero-order valence-electron chi connectivity index (χ0n) is 22.7. The van der Waals surface area contributed by atoms with Crippen molar-refractivity contribution in [3.8, 4) is 0 Å². The molecule has 6 heterocycles. The Morgan fingerprint density at radius 1 is 1.03 bits per heavy atom. The smallest absolute Gasteiger partial charge is 0.225 e. The van der Waals surface area contributed by atoms with Gasteiger partial charge in [0.05, 0.1) is 19.0 Å². The molecule has 0 aliphatic carbocycles. The van der Waals surface area contributed by atoms with Crippen molar-refractivity contribution in [1.29, 1.82) is 0 Å². The first-order valence-electron chi connectivity index (χ1n) is 14.7. The highest BCUT2D eigenvalue weighted by molar-refractivity contribution is 5.85. The highest BCUT2D eigenvalue weighted by Crippen LogP contribution is 2.29. The number of nitrogens with one attached hydrogen (secondary N) is 1. The summed E-state index contributed by atoms with van der Waals surface area (Å²) in [5.74, 6) is 3.80. The van der Waals surface area contributed by atoms with E-state index in [-0.39, 0.29) is 11.8 Å². The topological polar surface area (TPSA) is 92.3 Å². The first-order valence-corrected chi connectivity index (χ1v) is 14.7. The van der Waals surface area contributed by atoms with Crippen LogP contribution >= 0.6 is 0 Å².